The molecule has 3 aromatic carbocycles. The van der Waals surface area contributed by atoms with Crippen molar-refractivity contribution in [1.29, 1.82) is 0 Å². The first-order valence-corrected chi connectivity index (χ1v) is 11.9. The van der Waals surface area contributed by atoms with E-state index < -0.39 is 12.6 Å². The summed E-state index contributed by atoms with van der Waals surface area (Å²) >= 11 is 12.5. The third-order valence-electron chi connectivity index (χ3n) is 5.36. The molecule has 2 N–H and O–H groups in total. The van der Waals surface area contributed by atoms with E-state index in [-0.39, 0.29) is 5.91 Å². The molecule has 0 unspecified atom stereocenters. The summed E-state index contributed by atoms with van der Waals surface area (Å²) in [4.78, 5) is 28.8. The third-order valence-corrected chi connectivity index (χ3v) is 5.83. The Kier molecular flexibility index (Phi) is 8.21. The van der Waals surface area contributed by atoms with Crippen LogP contribution in [-0.4, -0.2) is 35.1 Å². The van der Waals surface area contributed by atoms with E-state index in [0.29, 0.717) is 56.6 Å². The van der Waals surface area contributed by atoms with Crippen molar-refractivity contribution in [2.75, 3.05) is 13.2 Å². The van der Waals surface area contributed by atoms with Crippen molar-refractivity contribution in [3.05, 3.63) is 106 Å². The molecular weight excluding hydrogens is 499 g/mol. The molecule has 0 saturated heterocycles. The molecule has 8 heteroatoms. The van der Waals surface area contributed by atoms with Crippen LogP contribution in [0.15, 0.2) is 85.1 Å². The molecule has 6 nitrogen and oxygen atoms in total. The van der Waals surface area contributed by atoms with Gasteiger partial charge in [0, 0.05) is 51.6 Å². The minimum Gasteiger partial charge on any atom is -0.481 e. The quantitative estimate of drug-likeness (QED) is 0.276. The number of carbonyl (C=O) groups is 2. The van der Waals surface area contributed by atoms with Gasteiger partial charge >= 0.3 is 5.97 Å². The lowest BCUT2D eigenvalue weighted by molar-refractivity contribution is -0.139. The number of rotatable bonds is 9. The van der Waals surface area contributed by atoms with Gasteiger partial charge in [-0.1, -0.05) is 53.5 Å². The molecule has 0 atom stereocenters. The van der Waals surface area contributed by atoms with E-state index in [1.54, 1.807) is 54.7 Å². The Bertz CT molecular complexity index is 1330. The lowest BCUT2D eigenvalue weighted by atomic mass is 9.94. The predicted molar refractivity (Wildman–Crippen MR) is 141 cm³/mol. The number of nitrogens with one attached hydrogen (secondary N) is 1. The summed E-state index contributed by atoms with van der Waals surface area (Å²) in [5.41, 5.74) is 3.67. The van der Waals surface area contributed by atoms with E-state index in [1.165, 1.54) is 0 Å². The number of carbonyl (C=O) groups excluding carboxylic acids is 1. The number of carboxylic acid groups (broad SMARTS) is 1. The zero-order chi connectivity index (χ0) is 25.5. The summed E-state index contributed by atoms with van der Waals surface area (Å²) in [7, 11) is 0. The highest BCUT2D eigenvalue weighted by Crippen LogP contribution is 2.41. The molecular formula is C28H22Cl2N2O4. The number of pyridine rings is 1. The van der Waals surface area contributed by atoms with Gasteiger partial charge in [-0.2, -0.15) is 0 Å². The topological polar surface area (TPSA) is 88.5 Å². The highest BCUT2D eigenvalue weighted by atomic mass is 35.5. The van der Waals surface area contributed by atoms with Gasteiger partial charge in [-0.25, -0.2) is 4.79 Å². The Morgan fingerprint density at radius 3 is 2.03 bits per heavy atom. The van der Waals surface area contributed by atoms with E-state index in [4.69, 9.17) is 27.9 Å². The Morgan fingerprint density at radius 1 is 0.861 bits per heavy atom. The van der Waals surface area contributed by atoms with Crippen LogP contribution in [0, 0.1) is 0 Å². The number of nitrogens with zero attached hydrogens (tertiary/aromatic N) is 1. The minimum atomic E-state index is -1.12. The van der Waals surface area contributed by atoms with Gasteiger partial charge in [-0.05, 0) is 59.7 Å². The molecule has 182 valence electrons. The molecule has 0 spiro atoms. The maximum absolute atomic E-state index is 13.2. The van der Waals surface area contributed by atoms with Crippen molar-refractivity contribution in [3.8, 4) is 28.0 Å². The number of benzene rings is 3. The Hall–Kier alpha value is -3.87. The molecule has 0 aliphatic rings. The lowest BCUT2D eigenvalue weighted by Gasteiger charge is -2.18. The van der Waals surface area contributed by atoms with Gasteiger partial charge in [-0.3, -0.25) is 9.78 Å². The number of carboxylic acids is 1. The van der Waals surface area contributed by atoms with Crippen molar-refractivity contribution in [2.24, 2.45) is 0 Å². The molecule has 36 heavy (non-hydrogen) atoms. The summed E-state index contributed by atoms with van der Waals surface area (Å²) in [5.74, 6) is -1.10. The van der Waals surface area contributed by atoms with Crippen LogP contribution in [0.25, 0.3) is 22.3 Å². The van der Waals surface area contributed by atoms with E-state index in [0.717, 1.165) is 5.69 Å². The molecule has 0 aliphatic heterocycles. The summed E-state index contributed by atoms with van der Waals surface area (Å²) in [6.45, 7) is -0.164. The fraction of sp³-hybridized carbons (Fsp3) is 0.107. The van der Waals surface area contributed by atoms with E-state index in [2.05, 4.69) is 10.3 Å². The maximum Gasteiger partial charge on any atom is 0.341 e. The van der Waals surface area contributed by atoms with Gasteiger partial charge in [0.1, 0.15) is 5.75 Å². The van der Waals surface area contributed by atoms with E-state index in [1.807, 2.05) is 30.3 Å². The minimum absolute atomic E-state index is 0.290. The van der Waals surface area contributed by atoms with Crippen LogP contribution < -0.4 is 10.1 Å². The van der Waals surface area contributed by atoms with E-state index in [9.17, 15) is 14.7 Å². The monoisotopic (exact) mass is 520 g/mol. The van der Waals surface area contributed by atoms with Crippen LogP contribution >= 0.6 is 23.2 Å². The average Bonchev–Trinajstić information content (AvgIpc) is 2.87. The molecule has 1 aromatic heterocycles. The van der Waals surface area contributed by atoms with Gasteiger partial charge in [0.15, 0.2) is 6.61 Å². The standard InChI is InChI=1S/C28H22Cl2N2O4/c29-21-7-3-5-18(13-21)24-15-20(28(35)32-12-10-23-9-1-2-11-31-23)16-25(27(24)36-17-26(33)34)19-6-4-8-22(30)14-19/h1-9,11,13-16H,10,12,17H2,(H,32,35)(H,33,34). The van der Waals surface area contributed by atoms with Crippen molar-refractivity contribution in [3.63, 3.8) is 0 Å². The first-order valence-electron chi connectivity index (χ1n) is 11.1. The van der Waals surface area contributed by atoms with Crippen molar-refractivity contribution >= 4 is 35.1 Å². The van der Waals surface area contributed by atoms with E-state index >= 15 is 0 Å². The second-order valence-electron chi connectivity index (χ2n) is 7.93. The summed E-state index contributed by atoms with van der Waals surface area (Å²) in [6.07, 6.45) is 2.29. The number of halogens is 2. The molecule has 4 aromatic rings. The van der Waals surface area contributed by atoms with Crippen LogP contribution in [0.2, 0.25) is 10.0 Å². The van der Waals surface area contributed by atoms with Crippen molar-refractivity contribution < 1.29 is 19.4 Å². The smallest absolute Gasteiger partial charge is 0.341 e. The fourth-order valence-electron chi connectivity index (χ4n) is 3.74. The SMILES string of the molecule is O=C(O)COc1c(-c2cccc(Cl)c2)cc(C(=O)NCCc2ccccn2)cc1-c1cccc(Cl)c1. The molecule has 4 rings (SSSR count). The van der Waals surface area contributed by atoms with Gasteiger partial charge < -0.3 is 15.2 Å². The number of hydrogen-bond donors (Lipinski definition) is 2. The zero-order valence-electron chi connectivity index (χ0n) is 19.1. The lowest BCUT2D eigenvalue weighted by Crippen LogP contribution is -2.26. The summed E-state index contributed by atoms with van der Waals surface area (Å²) in [5, 5.41) is 13.2. The largest absolute Gasteiger partial charge is 0.481 e. The highest BCUT2D eigenvalue weighted by molar-refractivity contribution is 6.31. The highest BCUT2D eigenvalue weighted by Gasteiger charge is 2.20. The predicted octanol–water partition coefficient (Wildman–Crippen LogP) is 6.16. The van der Waals surface area contributed by atoms with Crippen molar-refractivity contribution in [2.45, 2.75) is 6.42 Å². The summed E-state index contributed by atoms with van der Waals surface area (Å²) in [6, 6.07) is 23.1. The van der Waals surface area contributed by atoms with Gasteiger partial charge in [0.05, 0.1) is 0 Å². The summed E-state index contributed by atoms with van der Waals surface area (Å²) < 4.78 is 5.77. The van der Waals surface area contributed by atoms with Crippen LogP contribution in [0.4, 0.5) is 0 Å². The second-order valence-corrected chi connectivity index (χ2v) is 8.80. The van der Waals surface area contributed by atoms with Crippen LogP contribution in [-0.2, 0) is 11.2 Å². The number of amides is 1. The Morgan fingerprint density at radius 2 is 1.50 bits per heavy atom. The normalized spacial score (nSPS) is 10.6. The van der Waals surface area contributed by atoms with Gasteiger partial charge in [0.25, 0.3) is 5.91 Å². The Balaban J connectivity index is 1.78. The average molecular weight is 521 g/mol. The van der Waals surface area contributed by atoms with Gasteiger partial charge in [-0.15, -0.1) is 0 Å². The number of hydrogen-bond acceptors (Lipinski definition) is 4. The van der Waals surface area contributed by atoms with Crippen LogP contribution in [0.1, 0.15) is 16.1 Å². The maximum atomic E-state index is 13.2. The van der Waals surface area contributed by atoms with Crippen LogP contribution in [0.3, 0.4) is 0 Å². The number of aromatic nitrogens is 1. The molecule has 1 heterocycles. The molecule has 0 aliphatic carbocycles. The molecule has 0 fully saturated rings. The van der Waals surface area contributed by atoms with Gasteiger partial charge in [0.2, 0.25) is 0 Å². The zero-order valence-corrected chi connectivity index (χ0v) is 20.6. The first-order chi connectivity index (χ1) is 17.4. The molecule has 0 saturated carbocycles. The van der Waals surface area contributed by atoms with Crippen LogP contribution in [0.5, 0.6) is 5.75 Å². The fourth-order valence-corrected chi connectivity index (χ4v) is 4.12. The number of aliphatic carboxylic acids is 1. The number of ether oxygens (including phenoxy) is 1. The molecule has 0 bridgehead atoms. The third kappa shape index (κ3) is 6.42. The van der Waals surface area contributed by atoms with Crippen molar-refractivity contribution in [1.82, 2.24) is 10.3 Å². The Labute approximate surface area is 218 Å². The molecule has 1 amide bonds. The molecule has 0 radical (unpaired) electrons. The second kappa shape index (κ2) is 11.7. The first kappa shape index (κ1) is 25.2.